The van der Waals surface area contributed by atoms with Crippen LogP contribution in [0.1, 0.15) is 49.4 Å². The highest BCUT2D eigenvalue weighted by molar-refractivity contribution is 5.95. The predicted octanol–water partition coefficient (Wildman–Crippen LogP) is 2.44. The Labute approximate surface area is 171 Å². The van der Waals surface area contributed by atoms with Gasteiger partial charge in [-0.2, -0.15) is 0 Å². The van der Waals surface area contributed by atoms with Gasteiger partial charge in [0, 0.05) is 50.4 Å². The second kappa shape index (κ2) is 9.82. The van der Waals surface area contributed by atoms with E-state index in [1.165, 1.54) is 31.0 Å². The van der Waals surface area contributed by atoms with E-state index in [4.69, 9.17) is 0 Å². The smallest absolute Gasteiger partial charge is 0.270 e. The van der Waals surface area contributed by atoms with Crippen LogP contribution in [0.15, 0.2) is 24.3 Å². The Hall–Kier alpha value is -2.48. The Morgan fingerprint density at radius 3 is 2.52 bits per heavy atom. The zero-order valence-electron chi connectivity index (χ0n) is 17.0. The number of nitrogens with zero attached hydrogens (tertiary/aromatic N) is 3. The standard InChI is InChI=1S/C21H30N4O4/c1-2-10-22-20(26)19(16-6-3-4-7-16)23-11-13-24(14-12-23)21(27)17-8-5-9-18(15-17)25(28)29/h5,8-9,15-16,19H,2-4,6-7,10-14H2,1H3,(H,22,26)/t19-/m0/s1. The summed E-state index contributed by atoms with van der Waals surface area (Å²) in [6.45, 7) is 5.05. The monoisotopic (exact) mass is 402 g/mol. The Morgan fingerprint density at radius 2 is 1.90 bits per heavy atom. The highest BCUT2D eigenvalue weighted by atomic mass is 16.6. The number of hydrogen-bond donors (Lipinski definition) is 1. The van der Waals surface area contributed by atoms with E-state index in [0.29, 0.717) is 44.2 Å². The summed E-state index contributed by atoms with van der Waals surface area (Å²) in [6.07, 6.45) is 5.42. The lowest BCUT2D eigenvalue weighted by Crippen LogP contribution is -2.58. The minimum atomic E-state index is -0.490. The van der Waals surface area contributed by atoms with Crippen LogP contribution in [-0.4, -0.2) is 65.3 Å². The van der Waals surface area contributed by atoms with Crippen molar-refractivity contribution >= 4 is 17.5 Å². The molecule has 0 radical (unpaired) electrons. The molecule has 0 aromatic heterocycles. The Kier molecular flexibility index (Phi) is 7.19. The molecule has 1 aliphatic carbocycles. The third-order valence-corrected chi connectivity index (χ3v) is 5.96. The summed E-state index contributed by atoms with van der Waals surface area (Å²) in [5.74, 6) is 0.296. The number of carbonyl (C=O) groups is 2. The van der Waals surface area contributed by atoms with Crippen LogP contribution in [0.25, 0.3) is 0 Å². The number of nitro groups is 1. The van der Waals surface area contributed by atoms with E-state index in [1.807, 2.05) is 6.92 Å². The molecule has 0 spiro atoms. The van der Waals surface area contributed by atoms with E-state index < -0.39 is 4.92 Å². The molecule has 158 valence electrons. The third-order valence-electron chi connectivity index (χ3n) is 5.96. The summed E-state index contributed by atoms with van der Waals surface area (Å²) < 4.78 is 0. The minimum Gasteiger partial charge on any atom is -0.355 e. The number of carbonyl (C=O) groups excluding carboxylic acids is 2. The number of nitrogens with one attached hydrogen (secondary N) is 1. The number of piperazine rings is 1. The summed E-state index contributed by atoms with van der Waals surface area (Å²) in [7, 11) is 0. The lowest BCUT2D eigenvalue weighted by molar-refractivity contribution is -0.384. The van der Waals surface area contributed by atoms with Crippen LogP contribution >= 0.6 is 0 Å². The van der Waals surface area contributed by atoms with Gasteiger partial charge in [0.05, 0.1) is 11.0 Å². The Balaban J connectivity index is 1.64. The molecule has 3 rings (SSSR count). The van der Waals surface area contributed by atoms with Crippen LogP contribution in [0, 0.1) is 16.0 Å². The maximum atomic E-state index is 12.8. The van der Waals surface area contributed by atoms with Crippen LogP contribution in [-0.2, 0) is 4.79 Å². The third kappa shape index (κ3) is 5.12. The van der Waals surface area contributed by atoms with Gasteiger partial charge in [-0.3, -0.25) is 24.6 Å². The molecular weight excluding hydrogens is 372 g/mol. The maximum Gasteiger partial charge on any atom is 0.270 e. The fourth-order valence-corrected chi connectivity index (χ4v) is 4.44. The second-order valence-corrected chi connectivity index (χ2v) is 7.92. The van der Waals surface area contributed by atoms with E-state index in [9.17, 15) is 19.7 Å². The largest absolute Gasteiger partial charge is 0.355 e. The van der Waals surface area contributed by atoms with Crippen molar-refractivity contribution in [2.75, 3.05) is 32.7 Å². The van der Waals surface area contributed by atoms with E-state index in [1.54, 1.807) is 11.0 Å². The van der Waals surface area contributed by atoms with Gasteiger partial charge in [-0.1, -0.05) is 25.8 Å². The van der Waals surface area contributed by atoms with Crippen LogP contribution in [0.3, 0.4) is 0 Å². The van der Waals surface area contributed by atoms with Gasteiger partial charge in [0.1, 0.15) is 0 Å². The van der Waals surface area contributed by atoms with Gasteiger partial charge in [0.15, 0.2) is 0 Å². The molecule has 8 nitrogen and oxygen atoms in total. The first-order chi connectivity index (χ1) is 14.0. The zero-order chi connectivity index (χ0) is 20.8. The highest BCUT2D eigenvalue weighted by Gasteiger charge is 2.37. The summed E-state index contributed by atoms with van der Waals surface area (Å²) in [5, 5.41) is 14.0. The van der Waals surface area contributed by atoms with Crippen molar-refractivity contribution in [2.45, 2.75) is 45.1 Å². The maximum absolute atomic E-state index is 12.8. The van der Waals surface area contributed by atoms with Gasteiger partial charge in [0.25, 0.3) is 11.6 Å². The quantitative estimate of drug-likeness (QED) is 0.558. The summed E-state index contributed by atoms with van der Waals surface area (Å²) in [5.41, 5.74) is 0.254. The van der Waals surface area contributed by atoms with E-state index in [2.05, 4.69) is 10.2 Å². The van der Waals surface area contributed by atoms with Crippen LogP contribution in [0.4, 0.5) is 5.69 Å². The molecule has 29 heavy (non-hydrogen) atoms. The molecule has 1 saturated carbocycles. The van der Waals surface area contributed by atoms with Gasteiger partial charge in [-0.05, 0) is 31.2 Å². The average Bonchev–Trinajstić information content (AvgIpc) is 3.26. The van der Waals surface area contributed by atoms with Gasteiger partial charge >= 0.3 is 0 Å². The normalized spacial score (nSPS) is 19.1. The number of benzene rings is 1. The Bertz CT molecular complexity index is 740. The first kappa shape index (κ1) is 21.2. The Morgan fingerprint density at radius 1 is 1.21 bits per heavy atom. The average molecular weight is 402 g/mol. The van der Waals surface area contributed by atoms with Crippen molar-refractivity contribution in [3.63, 3.8) is 0 Å². The molecule has 1 aromatic rings. The topological polar surface area (TPSA) is 95.8 Å². The molecular formula is C21H30N4O4. The summed E-state index contributed by atoms with van der Waals surface area (Å²) in [4.78, 5) is 40.0. The van der Waals surface area contributed by atoms with Gasteiger partial charge in [0.2, 0.25) is 5.91 Å². The minimum absolute atomic E-state index is 0.0802. The fourth-order valence-electron chi connectivity index (χ4n) is 4.44. The van der Waals surface area contributed by atoms with E-state index in [-0.39, 0.29) is 23.5 Å². The fraction of sp³-hybridized carbons (Fsp3) is 0.619. The van der Waals surface area contributed by atoms with Gasteiger partial charge in [-0.15, -0.1) is 0 Å². The molecule has 8 heteroatoms. The van der Waals surface area contributed by atoms with E-state index in [0.717, 1.165) is 19.3 Å². The molecule has 1 heterocycles. The second-order valence-electron chi connectivity index (χ2n) is 7.92. The van der Waals surface area contributed by atoms with Crippen molar-refractivity contribution in [3.05, 3.63) is 39.9 Å². The highest BCUT2D eigenvalue weighted by Crippen LogP contribution is 2.31. The van der Waals surface area contributed by atoms with Crippen molar-refractivity contribution in [3.8, 4) is 0 Å². The number of hydrogen-bond acceptors (Lipinski definition) is 5. The summed E-state index contributed by atoms with van der Waals surface area (Å²) in [6, 6.07) is 5.74. The molecule has 2 amide bonds. The number of nitro benzene ring substituents is 1. The lowest BCUT2D eigenvalue weighted by Gasteiger charge is -2.40. The van der Waals surface area contributed by atoms with Gasteiger partial charge < -0.3 is 10.2 Å². The van der Waals surface area contributed by atoms with Crippen molar-refractivity contribution in [1.29, 1.82) is 0 Å². The van der Waals surface area contributed by atoms with Crippen molar-refractivity contribution in [2.24, 2.45) is 5.92 Å². The number of rotatable bonds is 7. The first-order valence-electron chi connectivity index (χ1n) is 10.6. The molecule has 0 bridgehead atoms. The molecule has 1 N–H and O–H groups in total. The van der Waals surface area contributed by atoms with Crippen LogP contribution in [0.5, 0.6) is 0 Å². The lowest BCUT2D eigenvalue weighted by atomic mass is 9.95. The molecule has 1 aliphatic heterocycles. The number of amides is 2. The SMILES string of the molecule is CCCNC(=O)[C@H](C1CCCC1)N1CCN(C(=O)c2cccc([N+](=O)[O-])c2)CC1. The molecule has 1 atom stereocenters. The molecule has 2 fully saturated rings. The predicted molar refractivity (Wildman–Crippen MR) is 110 cm³/mol. The molecule has 1 saturated heterocycles. The van der Waals surface area contributed by atoms with Crippen molar-refractivity contribution < 1.29 is 14.5 Å². The van der Waals surface area contributed by atoms with Crippen molar-refractivity contribution in [1.82, 2.24) is 15.1 Å². The zero-order valence-corrected chi connectivity index (χ0v) is 17.0. The number of non-ortho nitro benzene ring substituents is 1. The summed E-state index contributed by atoms with van der Waals surface area (Å²) >= 11 is 0. The van der Waals surface area contributed by atoms with Crippen LogP contribution < -0.4 is 5.32 Å². The molecule has 2 aliphatic rings. The molecule has 0 unspecified atom stereocenters. The van der Waals surface area contributed by atoms with Gasteiger partial charge in [-0.25, -0.2) is 0 Å². The van der Waals surface area contributed by atoms with E-state index >= 15 is 0 Å². The molecule has 1 aromatic carbocycles. The van der Waals surface area contributed by atoms with Crippen LogP contribution in [0.2, 0.25) is 0 Å². The first-order valence-corrected chi connectivity index (χ1v) is 10.6.